The van der Waals surface area contributed by atoms with Gasteiger partial charge in [-0.25, -0.2) is 18.0 Å². The molecule has 1 aromatic rings. The van der Waals surface area contributed by atoms with Gasteiger partial charge < -0.3 is 5.32 Å². The van der Waals surface area contributed by atoms with Gasteiger partial charge in [0, 0.05) is 28.3 Å². The summed E-state index contributed by atoms with van der Waals surface area (Å²) in [6, 6.07) is 5.54. The van der Waals surface area contributed by atoms with Crippen molar-refractivity contribution in [2.45, 2.75) is 24.7 Å². The van der Waals surface area contributed by atoms with Gasteiger partial charge in [0.1, 0.15) is 17.6 Å². The van der Waals surface area contributed by atoms with Crippen molar-refractivity contribution in [2.75, 3.05) is 0 Å². The Morgan fingerprint density at radius 1 is 1.31 bits per heavy atom. The second-order valence-corrected chi connectivity index (χ2v) is 6.43. The average Bonchev–Trinajstić information content (AvgIpc) is 3.15. The minimum Gasteiger partial charge on any atom is -0.348 e. The molecule has 1 saturated carbocycles. The molecule has 26 heavy (non-hydrogen) atoms. The summed E-state index contributed by atoms with van der Waals surface area (Å²) in [5.74, 6) is -2.78. The van der Waals surface area contributed by atoms with Crippen molar-refractivity contribution >= 4 is 23.1 Å². The van der Waals surface area contributed by atoms with Crippen LogP contribution in [0.1, 0.15) is 24.5 Å². The minimum absolute atomic E-state index is 0.0107. The first kappa shape index (κ1) is 17.8. The van der Waals surface area contributed by atoms with Gasteiger partial charge in [0.05, 0.1) is 11.6 Å². The minimum atomic E-state index is -3.34. The van der Waals surface area contributed by atoms with Crippen molar-refractivity contribution in [1.82, 2.24) is 5.32 Å². The summed E-state index contributed by atoms with van der Waals surface area (Å²) >= 11 is 6.04. The standard InChI is InChI=1S/C18H9ClF3N3O/c1-9-12(2-11(5-23)15(6-26)25-9)10-3-13(19)16(14(20)4-10)17(8-24)7-18(17,21)22/h2-4,25H,7H2,1H3. The van der Waals surface area contributed by atoms with Crippen LogP contribution in [-0.2, 0) is 10.2 Å². The van der Waals surface area contributed by atoms with Gasteiger partial charge in [-0.05, 0) is 30.7 Å². The van der Waals surface area contributed by atoms with Crippen LogP contribution in [0.4, 0.5) is 13.2 Å². The molecule has 3 rings (SSSR count). The number of carbonyl (C=O) groups excluding carboxylic acids is 1. The fourth-order valence-corrected chi connectivity index (χ4v) is 3.36. The number of benzene rings is 1. The Morgan fingerprint density at radius 3 is 2.42 bits per heavy atom. The van der Waals surface area contributed by atoms with E-state index < -0.39 is 29.1 Å². The van der Waals surface area contributed by atoms with Gasteiger partial charge >= 0.3 is 0 Å². The van der Waals surface area contributed by atoms with Gasteiger partial charge in [-0.15, -0.1) is 0 Å². The molecule has 1 unspecified atom stereocenters. The SMILES string of the molecule is CC1=C(c2cc(F)c(C3(C#N)CC3(F)F)c(Cl)c2)C=C(C#N)C(=C=O)N1. The van der Waals surface area contributed by atoms with Crippen LogP contribution in [0.3, 0.4) is 0 Å². The fraction of sp³-hybridized carbons (Fsp3) is 0.222. The van der Waals surface area contributed by atoms with E-state index in [4.69, 9.17) is 22.1 Å². The molecular formula is C18H9ClF3N3O. The number of allylic oxidation sites excluding steroid dienone is 4. The predicted molar refractivity (Wildman–Crippen MR) is 86.9 cm³/mol. The number of nitrogens with one attached hydrogen (secondary N) is 1. The van der Waals surface area contributed by atoms with Crippen molar-refractivity contribution in [3.05, 3.63) is 57.1 Å². The summed E-state index contributed by atoms with van der Waals surface area (Å²) in [7, 11) is 0. The van der Waals surface area contributed by atoms with E-state index in [1.165, 1.54) is 18.2 Å². The second kappa shape index (κ2) is 5.78. The quantitative estimate of drug-likeness (QED) is 0.798. The molecule has 8 heteroatoms. The van der Waals surface area contributed by atoms with Gasteiger partial charge in [0.15, 0.2) is 11.4 Å². The second-order valence-electron chi connectivity index (χ2n) is 6.02. The maximum atomic E-state index is 14.6. The third-order valence-corrected chi connectivity index (χ3v) is 4.75. The Labute approximate surface area is 151 Å². The molecule has 0 aromatic heterocycles. The fourth-order valence-electron chi connectivity index (χ4n) is 2.99. The van der Waals surface area contributed by atoms with E-state index in [9.17, 15) is 18.0 Å². The van der Waals surface area contributed by atoms with E-state index in [2.05, 4.69) is 5.32 Å². The van der Waals surface area contributed by atoms with E-state index in [-0.39, 0.29) is 21.9 Å². The van der Waals surface area contributed by atoms with Crippen molar-refractivity contribution < 1.29 is 18.0 Å². The summed E-state index contributed by atoms with van der Waals surface area (Å²) in [5.41, 5.74) is -1.85. The van der Waals surface area contributed by atoms with E-state index >= 15 is 0 Å². The first-order valence-corrected chi connectivity index (χ1v) is 7.72. The molecule has 0 spiro atoms. The monoisotopic (exact) mass is 375 g/mol. The lowest BCUT2D eigenvalue weighted by Gasteiger charge is -2.19. The lowest BCUT2D eigenvalue weighted by Crippen LogP contribution is -2.19. The highest BCUT2D eigenvalue weighted by molar-refractivity contribution is 6.31. The van der Waals surface area contributed by atoms with Crippen molar-refractivity contribution in [1.29, 1.82) is 10.5 Å². The predicted octanol–water partition coefficient (Wildman–Crippen LogP) is 3.78. The number of dihydropyridines is 1. The number of nitrogens with zero attached hydrogens (tertiary/aromatic N) is 2. The number of hydrogen-bond acceptors (Lipinski definition) is 4. The molecule has 0 amide bonds. The molecule has 1 heterocycles. The average molecular weight is 376 g/mol. The lowest BCUT2D eigenvalue weighted by atomic mass is 9.91. The molecule has 0 bridgehead atoms. The number of hydrogen-bond donors (Lipinski definition) is 1. The maximum absolute atomic E-state index is 14.6. The molecule has 0 saturated heterocycles. The molecule has 1 aromatic carbocycles. The molecular weight excluding hydrogens is 367 g/mol. The van der Waals surface area contributed by atoms with Crippen molar-refractivity contribution in [3.8, 4) is 12.1 Å². The molecule has 1 aliphatic carbocycles. The zero-order valence-corrected chi connectivity index (χ0v) is 14.0. The Morgan fingerprint density at radius 2 is 1.96 bits per heavy atom. The highest BCUT2D eigenvalue weighted by Gasteiger charge is 2.74. The highest BCUT2D eigenvalue weighted by atomic mass is 35.5. The normalized spacial score (nSPS) is 23.3. The zero-order chi connectivity index (χ0) is 19.3. The van der Waals surface area contributed by atoms with E-state index in [1.54, 1.807) is 12.9 Å². The van der Waals surface area contributed by atoms with Crippen LogP contribution in [-0.4, -0.2) is 11.9 Å². The lowest BCUT2D eigenvalue weighted by molar-refractivity contribution is 0.0989. The molecule has 1 aliphatic heterocycles. The van der Waals surface area contributed by atoms with E-state index in [1.807, 2.05) is 6.07 Å². The van der Waals surface area contributed by atoms with Crippen LogP contribution in [0.2, 0.25) is 5.02 Å². The van der Waals surface area contributed by atoms with Gasteiger partial charge in [0.25, 0.3) is 5.92 Å². The van der Waals surface area contributed by atoms with Crippen LogP contribution in [0.25, 0.3) is 5.57 Å². The Hall–Kier alpha value is -2.99. The van der Waals surface area contributed by atoms with Crippen LogP contribution in [0, 0.1) is 28.5 Å². The number of nitriles is 2. The van der Waals surface area contributed by atoms with E-state index in [0.717, 1.165) is 6.07 Å². The summed E-state index contributed by atoms with van der Waals surface area (Å²) in [5, 5.41) is 20.6. The van der Waals surface area contributed by atoms with Crippen LogP contribution in [0.15, 0.2) is 35.2 Å². The van der Waals surface area contributed by atoms with Crippen molar-refractivity contribution in [2.24, 2.45) is 0 Å². The third-order valence-electron chi connectivity index (χ3n) is 4.45. The summed E-state index contributed by atoms with van der Waals surface area (Å²) < 4.78 is 41.9. The van der Waals surface area contributed by atoms with Crippen molar-refractivity contribution in [3.63, 3.8) is 0 Å². The van der Waals surface area contributed by atoms with Gasteiger partial charge in [-0.1, -0.05) is 11.6 Å². The Balaban J connectivity index is 2.14. The molecule has 0 radical (unpaired) electrons. The molecule has 4 nitrogen and oxygen atoms in total. The summed E-state index contributed by atoms with van der Waals surface area (Å²) in [4.78, 5) is 10.9. The van der Waals surface area contributed by atoms with Crippen LogP contribution < -0.4 is 5.32 Å². The number of rotatable bonds is 2. The molecule has 1 fully saturated rings. The third kappa shape index (κ3) is 2.42. The van der Waals surface area contributed by atoms with Gasteiger partial charge in [-0.2, -0.15) is 10.5 Å². The summed E-state index contributed by atoms with van der Waals surface area (Å²) in [6.45, 7) is 1.59. The number of halogens is 4. The number of alkyl halides is 2. The first-order chi connectivity index (χ1) is 12.2. The van der Waals surface area contributed by atoms with Crippen LogP contribution in [0.5, 0.6) is 0 Å². The topological polar surface area (TPSA) is 76.7 Å². The molecule has 1 N–H and O–H groups in total. The Bertz CT molecular complexity index is 1020. The van der Waals surface area contributed by atoms with E-state index in [0.29, 0.717) is 11.3 Å². The molecule has 2 aliphatic rings. The van der Waals surface area contributed by atoms with Gasteiger partial charge in [-0.3, -0.25) is 0 Å². The maximum Gasteiger partial charge on any atom is 0.273 e. The summed E-state index contributed by atoms with van der Waals surface area (Å²) in [6.07, 6.45) is 0.560. The van der Waals surface area contributed by atoms with Gasteiger partial charge in [0.2, 0.25) is 0 Å². The zero-order valence-electron chi connectivity index (χ0n) is 13.3. The smallest absolute Gasteiger partial charge is 0.273 e. The highest BCUT2D eigenvalue weighted by Crippen LogP contribution is 2.63. The molecule has 130 valence electrons. The first-order valence-electron chi connectivity index (χ1n) is 7.35. The molecule has 1 atom stereocenters. The Kier molecular flexibility index (Phi) is 3.96. The van der Waals surface area contributed by atoms with Crippen LogP contribution >= 0.6 is 11.6 Å². The largest absolute Gasteiger partial charge is 0.348 e.